The number of hydrogen-bond donors (Lipinski definition) is 1. The van der Waals surface area contributed by atoms with Crippen LogP contribution in [0.4, 0.5) is 0 Å². The van der Waals surface area contributed by atoms with E-state index < -0.39 is 28.1 Å². The van der Waals surface area contributed by atoms with Gasteiger partial charge in [-0.15, -0.1) is 0 Å². The van der Waals surface area contributed by atoms with E-state index in [0.717, 1.165) is 4.31 Å². The van der Waals surface area contributed by atoms with Crippen LogP contribution in [-0.2, 0) is 19.8 Å². The van der Waals surface area contributed by atoms with Crippen LogP contribution in [0.2, 0.25) is 0 Å². The molecule has 0 aliphatic carbocycles. The Hall–Kier alpha value is -0.990. The van der Waals surface area contributed by atoms with Crippen LogP contribution >= 0.6 is 0 Å². The van der Waals surface area contributed by atoms with Crippen LogP contribution in [0.15, 0.2) is 0 Å². The quantitative estimate of drug-likeness (QED) is 0.675. The van der Waals surface area contributed by atoms with Gasteiger partial charge in [-0.3, -0.25) is 14.9 Å². The topological polar surface area (TPSA) is 86.8 Å². The maximum Gasteiger partial charge on any atom is 0.283 e. The second-order valence-corrected chi connectivity index (χ2v) is 6.67. The second-order valence-electron chi connectivity index (χ2n) is 4.79. The van der Waals surface area contributed by atoms with Crippen molar-refractivity contribution in [3.05, 3.63) is 0 Å². The van der Waals surface area contributed by atoms with Crippen molar-refractivity contribution in [3.63, 3.8) is 0 Å². The van der Waals surface area contributed by atoms with Crippen molar-refractivity contribution in [3.8, 4) is 0 Å². The largest absolute Gasteiger partial charge is 0.294 e. The van der Waals surface area contributed by atoms with Gasteiger partial charge in [-0.05, 0) is 19.3 Å². The summed E-state index contributed by atoms with van der Waals surface area (Å²) in [7, 11) is -3.79. The van der Waals surface area contributed by atoms with E-state index in [2.05, 4.69) is 5.32 Å². The molecule has 1 N–H and O–H groups in total. The molecule has 0 aromatic rings. The fraction of sp³-hybridized carbons (Fsp3) is 0.833. The average Bonchev–Trinajstić information content (AvgIpc) is 2.37. The van der Waals surface area contributed by atoms with Gasteiger partial charge >= 0.3 is 0 Å². The molecule has 1 heterocycles. The summed E-state index contributed by atoms with van der Waals surface area (Å²) in [5, 5.41) is 2.18. The molecule has 1 rings (SSSR count). The van der Waals surface area contributed by atoms with E-state index in [-0.39, 0.29) is 6.54 Å². The molecule has 2 amide bonds. The first-order chi connectivity index (χ1) is 9.38. The van der Waals surface area contributed by atoms with Gasteiger partial charge < -0.3 is 0 Å². The molecule has 0 spiro atoms. The molecule has 0 aromatic heterocycles. The van der Waals surface area contributed by atoms with Gasteiger partial charge in [0.25, 0.3) is 10.2 Å². The standard InChI is InChI=1S/C12H23N3O4S/c1-4-7-14(8-5-2)20(18,19)15-9-11(16)13-12(17)10(15)6-3/h10H,4-9H2,1-3H3,(H,13,16,17). The molecule has 7 nitrogen and oxygen atoms in total. The molecule has 0 saturated carbocycles. The van der Waals surface area contributed by atoms with Gasteiger partial charge in [-0.1, -0.05) is 20.8 Å². The zero-order valence-corrected chi connectivity index (χ0v) is 13.1. The molecule has 1 aliphatic heterocycles. The highest BCUT2D eigenvalue weighted by molar-refractivity contribution is 7.86. The number of hydrogen-bond acceptors (Lipinski definition) is 4. The van der Waals surface area contributed by atoms with Gasteiger partial charge in [0.1, 0.15) is 6.04 Å². The van der Waals surface area contributed by atoms with Crippen molar-refractivity contribution in [1.29, 1.82) is 0 Å². The molecule has 20 heavy (non-hydrogen) atoms. The third-order valence-corrected chi connectivity index (χ3v) is 5.16. The summed E-state index contributed by atoms with van der Waals surface area (Å²) in [6, 6.07) is -0.811. The van der Waals surface area contributed by atoms with Gasteiger partial charge in [-0.2, -0.15) is 17.0 Å². The van der Waals surface area contributed by atoms with Crippen molar-refractivity contribution in [2.75, 3.05) is 19.6 Å². The molecular weight excluding hydrogens is 282 g/mol. The summed E-state index contributed by atoms with van der Waals surface area (Å²) in [4.78, 5) is 23.2. The molecule has 0 bridgehead atoms. The Balaban J connectivity index is 3.08. The fourth-order valence-corrected chi connectivity index (χ4v) is 4.23. The van der Waals surface area contributed by atoms with E-state index in [1.165, 1.54) is 4.31 Å². The summed E-state index contributed by atoms with van der Waals surface area (Å²) in [6.07, 6.45) is 1.71. The van der Waals surface area contributed by atoms with Gasteiger partial charge in [0.15, 0.2) is 0 Å². The Kier molecular flexibility index (Phi) is 6.09. The van der Waals surface area contributed by atoms with E-state index in [1.807, 2.05) is 13.8 Å². The van der Waals surface area contributed by atoms with Gasteiger partial charge in [0.2, 0.25) is 11.8 Å². The number of imide groups is 1. The Morgan fingerprint density at radius 1 is 1.20 bits per heavy atom. The van der Waals surface area contributed by atoms with E-state index >= 15 is 0 Å². The Bertz CT molecular complexity index is 457. The minimum absolute atomic E-state index is 0.295. The second kappa shape index (κ2) is 7.14. The lowest BCUT2D eigenvalue weighted by atomic mass is 10.2. The number of amides is 2. The molecule has 8 heteroatoms. The average molecular weight is 305 g/mol. The Morgan fingerprint density at radius 3 is 2.20 bits per heavy atom. The van der Waals surface area contributed by atoms with E-state index in [9.17, 15) is 18.0 Å². The van der Waals surface area contributed by atoms with Crippen LogP contribution in [0, 0.1) is 0 Å². The predicted octanol–water partition coefficient (Wildman–Crippen LogP) is 0.0902. The third-order valence-electron chi connectivity index (χ3n) is 3.17. The van der Waals surface area contributed by atoms with Crippen LogP contribution < -0.4 is 5.32 Å². The fourth-order valence-electron chi connectivity index (χ4n) is 2.26. The number of nitrogens with one attached hydrogen (secondary N) is 1. The highest BCUT2D eigenvalue weighted by Gasteiger charge is 2.42. The summed E-state index contributed by atoms with van der Waals surface area (Å²) < 4.78 is 27.7. The molecule has 0 aromatic carbocycles. The maximum atomic E-state index is 12.6. The molecule has 1 aliphatic rings. The van der Waals surface area contributed by atoms with Gasteiger partial charge in [0.05, 0.1) is 6.54 Å². The third kappa shape index (κ3) is 3.56. The lowest BCUT2D eigenvalue weighted by Gasteiger charge is -2.36. The highest BCUT2D eigenvalue weighted by atomic mass is 32.2. The first-order valence-electron chi connectivity index (χ1n) is 6.99. The lowest BCUT2D eigenvalue weighted by Crippen LogP contribution is -2.62. The normalized spacial score (nSPS) is 21.3. The van der Waals surface area contributed by atoms with Crippen LogP contribution in [0.25, 0.3) is 0 Å². The Labute approximate surface area is 120 Å². The lowest BCUT2D eigenvalue weighted by molar-refractivity contribution is -0.137. The summed E-state index contributed by atoms with van der Waals surface area (Å²) in [5.74, 6) is -1.11. The van der Waals surface area contributed by atoms with Crippen LogP contribution in [0.1, 0.15) is 40.0 Å². The molecule has 1 fully saturated rings. The number of piperazine rings is 1. The van der Waals surface area contributed by atoms with Crippen molar-refractivity contribution >= 4 is 22.0 Å². The first kappa shape index (κ1) is 17.1. The molecule has 0 radical (unpaired) electrons. The van der Waals surface area contributed by atoms with E-state index in [1.54, 1.807) is 6.92 Å². The summed E-state index contributed by atoms with van der Waals surface area (Å²) in [5.41, 5.74) is 0. The SMILES string of the molecule is CCCN(CCC)S(=O)(=O)N1CC(=O)NC(=O)C1CC. The highest BCUT2D eigenvalue weighted by Crippen LogP contribution is 2.18. The van der Waals surface area contributed by atoms with Crippen molar-refractivity contribution in [2.24, 2.45) is 0 Å². The smallest absolute Gasteiger partial charge is 0.283 e. The molecular formula is C12H23N3O4S. The predicted molar refractivity (Wildman–Crippen MR) is 75.0 cm³/mol. The van der Waals surface area contributed by atoms with E-state index in [0.29, 0.717) is 32.4 Å². The molecule has 1 saturated heterocycles. The van der Waals surface area contributed by atoms with Crippen molar-refractivity contribution in [2.45, 2.75) is 46.1 Å². The van der Waals surface area contributed by atoms with E-state index in [4.69, 9.17) is 0 Å². The van der Waals surface area contributed by atoms with Crippen LogP contribution in [-0.4, -0.2) is 54.5 Å². The molecule has 116 valence electrons. The van der Waals surface area contributed by atoms with Gasteiger partial charge in [-0.25, -0.2) is 0 Å². The maximum absolute atomic E-state index is 12.6. The van der Waals surface area contributed by atoms with Crippen LogP contribution in [0.3, 0.4) is 0 Å². The zero-order chi connectivity index (χ0) is 15.3. The summed E-state index contributed by atoms with van der Waals surface area (Å²) in [6.45, 7) is 5.99. The van der Waals surface area contributed by atoms with Crippen molar-refractivity contribution in [1.82, 2.24) is 13.9 Å². The number of nitrogens with zero attached hydrogens (tertiary/aromatic N) is 2. The minimum atomic E-state index is -3.79. The number of carbonyl (C=O) groups is 2. The Morgan fingerprint density at radius 2 is 1.75 bits per heavy atom. The van der Waals surface area contributed by atoms with Crippen LogP contribution in [0.5, 0.6) is 0 Å². The minimum Gasteiger partial charge on any atom is -0.294 e. The zero-order valence-electron chi connectivity index (χ0n) is 12.3. The number of rotatable bonds is 7. The molecule has 1 unspecified atom stereocenters. The monoisotopic (exact) mass is 305 g/mol. The summed E-state index contributed by atoms with van der Waals surface area (Å²) >= 11 is 0. The molecule has 1 atom stereocenters. The van der Waals surface area contributed by atoms with Crippen molar-refractivity contribution < 1.29 is 18.0 Å². The first-order valence-corrected chi connectivity index (χ1v) is 8.38. The van der Waals surface area contributed by atoms with Gasteiger partial charge in [0, 0.05) is 13.1 Å². The number of carbonyl (C=O) groups excluding carboxylic acids is 2.